The number of fused-ring (bicyclic) bond motifs is 1. The minimum Gasteiger partial charge on any atom is -0.435 e. The number of benzene rings is 1. The molecule has 0 unspecified atom stereocenters. The Kier molecular flexibility index (Phi) is 4.89. The maximum atomic E-state index is 12.2. The van der Waals surface area contributed by atoms with Gasteiger partial charge in [0, 0.05) is 18.8 Å². The summed E-state index contributed by atoms with van der Waals surface area (Å²) in [6.45, 7) is 2.24. The molecule has 0 spiro atoms. The highest BCUT2D eigenvalue weighted by molar-refractivity contribution is 7.80. The SMILES string of the molecule is C=CCNC(=S)N1CCCc2cc(OC(F)F)ccc21. The minimum atomic E-state index is -2.80. The summed E-state index contributed by atoms with van der Waals surface area (Å²) < 4.78 is 28.9. The van der Waals surface area contributed by atoms with Gasteiger partial charge in [0.1, 0.15) is 5.75 Å². The number of aryl methyl sites for hydroxylation is 1. The Bertz CT molecular complexity index is 508. The zero-order valence-corrected chi connectivity index (χ0v) is 11.8. The number of thiocarbonyl (C=S) groups is 1. The van der Waals surface area contributed by atoms with Crippen molar-refractivity contribution in [1.82, 2.24) is 5.32 Å². The molecule has 108 valence electrons. The van der Waals surface area contributed by atoms with Crippen molar-refractivity contribution in [3.8, 4) is 5.75 Å². The monoisotopic (exact) mass is 298 g/mol. The Morgan fingerprint density at radius 1 is 1.55 bits per heavy atom. The number of hydrogen-bond acceptors (Lipinski definition) is 2. The third kappa shape index (κ3) is 3.45. The predicted octanol–water partition coefficient (Wildman–Crippen LogP) is 3.10. The van der Waals surface area contributed by atoms with Gasteiger partial charge in [0.15, 0.2) is 5.11 Å². The Hall–Kier alpha value is -1.69. The van der Waals surface area contributed by atoms with Gasteiger partial charge in [-0.05, 0) is 48.8 Å². The third-order valence-electron chi connectivity index (χ3n) is 3.04. The molecule has 20 heavy (non-hydrogen) atoms. The highest BCUT2D eigenvalue weighted by Gasteiger charge is 2.20. The average Bonchev–Trinajstić information content (AvgIpc) is 2.43. The van der Waals surface area contributed by atoms with E-state index in [0.29, 0.717) is 11.7 Å². The largest absolute Gasteiger partial charge is 0.435 e. The van der Waals surface area contributed by atoms with Crippen LogP contribution < -0.4 is 15.0 Å². The summed E-state index contributed by atoms with van der Waals surface area (Å²) in [4.78, 5) is 1.98. The molecule has 0 saturated carbocycles. The highest BCUT2D eigenvalue weighted by atomic mass is 32.1. The molecule has 1 aliphatic rings. The van der Waals surface area contributed by atoms with E-state index < -0.39 is 6.61 Å². The second kappa shape index (κ2) is 6.65. The van der Waals surface area contributed by atoms with Crippen LogP contribution in [0.1, 0.15) is 12.0 Å². The number of ether oxygens (including phenoxy) is 1. The quantitative estimate of drug-likeness (QED) is 0.682. The Morgan fingerprint density at radius 3 is 3.05 bits per heavy atom. The minimum absolute atomic E-state index is 0.186. The lowest BCUT2D eigenvalue weighted by Crippen LogP contribution is -2.42. The predicted molar refractivity (Wildman–Crippen MR) is 79.5 cm³/mol. The molecule has 0 atom stereocenters. The molecule has 3 nitrogen and oxygen atoms in total. The number of rotatable bonds is 4. The summed E-state index contributed by atoms with van der Waals surface area (Å²) >= 11 is 5.33. The molecule has 1 aromatic rings. The van der Waals surface area contributed by atoms with Gasteiger partial charge in [-0.25, -0.2) is 0 Å². The van der Waals surface area contributed by atoms with Gasteiger partial charge in [-0.1, -0.05) is 6.08 Å². The lowest BCUT2D eigenvalue weighted by Gasteiger charge is -2.31. The number of halogens is 2. The fraction of sp³-hybridized carbons (Fsp3) is 0.357. The van der Waals surface area contributed by atoms with E-state index in [1.807, 2.05) is 4.90 Å². The van der Waals surface area contributed by atoms with Crippen molar-refractivity contribution in [2.75, 3.05) is 18.0 Å². The summed E-state index contributed by atoms with van der Waals surface area (Å²) in [7, 11) is 0. The van der Waals surface area contributed by atoms with Crippen LogP contribution in [0.3, 0.4) is 0 Å². The molecule has 6 heteroatoms. The van der Waals surface area contributed by atoms with Crippen molar-refractivity contribution in [1.29, 1.82) is 0 Å². The normalized spacial score (nSPS) is 13.8. The number of alkyl halides is 2. The molecule has 0 aromatic heterocycles. The fourth-order valence-corrected chi connectivity index (χ4v) is 2.49. The second-order valence-electron chi connectivity index (χ2n) is 4.40. The van der Waals surface area contributed by atoms with Gasteiger partial charge in [0.05, 0.1) is 0 Å². The molecule has 0 saturated heterocycles. The fourth-order valence-electron chi connectivity index (χ4n) is 2.22. The molecular weight excluding hydrogens is 282 g/mol. The number of hydrogen-bond donors (Lipinski definition) is 1. The van der Waals surface area contributed by atoms with Crippen molar-refractivity contribution in [2.24, 2.45) is 0 Å². The van der Waals surface area contributed by atoms with E-state index in [4.69, 9.17) is 12.2 Å². The van der Waals surface area contributed by atoms with Crippen LogP contribution in [0.5, 0.6) is 5.75 Å². The molecule has 0 amide bonds. The molecule has 1 aromatic carbocycles. The Morgan fingerprint density at radius 2 is 2.35 bits per heavy atom. The van der Waals surface area contributed by atoms with Gasteiger partial charge >= 0.3 is 6.61 Å². The van der Waals surface area contributed by atoms with Crippen LogP contribution in [0.4, 0.5) is 14.5 Å². The smallest absolute Gasteiger partial charge is 0.387 e. The van der Waals surface area contributed by atoms with Gasteiger partial charge in [-0.15, -0.1) is 6.58 Å². The first-order valence-corrected chi connectivity index (χ1v) is 6.76. The summed E-state index contributed by atoms with van der Waals surface area (Å²) in [5.41, 5.74) is 1.91. The van der Waals surface area contributed by atoms with E-state index in [1.54, 1.807) is 24.3 Å². The standard InChI is InChI=1S/C14H16F2N2OS/c1-2-7-17-14(20)18-8-3-4-10-9-11(19-13(15)16)5-6-12(10)18/h2,5-6,9,13H,1,3-4,7-8H2,(H,17,20). The van der Waals surface area contributed by atoms with Gasteiger partial charge in [0.25, 0.3) is 0 Å². The molecule has 2 rings (SSSR count). The van der Waals surface area contributed by atoms with Gasteiger partial charge < -0.3 is 15.0 Å². The Balaban J connectivity index is 2.18. The van der Waals surface area contributed by atoms with Gasteiger partial charge in [-0.2, -0.15) is 8.78 Å². The first kappa shape index (κ1) is 14.7. The first-order chi connectivity index (χ1) is 9.61. The van der Waals surface area contributed by atoms with Crippen LogP contribution in [0.15, 0.2) is 30.9 Å². The zero-order chi connectivity index (χ0) is 14.5. The number of nitrogens with one attached hydrogen (secondary N) is 1. The molecule has 1 N–H and O–H groups in total. The maximum Gasteiger partial charge on any atom is 0.387 e. The van der Waals surface area contributed by atoms with Crippen LogP contribution in [-0.4, -0.2) is 24.8 Å². The van der Waals surface area contributed by atoms with E-state index in [1.165, 1.54) is 0 Å². The summed E-state index contributed by atoms with van der Waals surface area (Å²) in [5.74, 6) is 0.186. The summed E-state index contributed by atoms with van der Waals surface area (Å²) in [6, 6.07) is 4.97. The molecule has 0 radical (unpaired) electrons. The van der Waals surface area contributed by atoms with Crippen molar-refractivity contribution < 1.29 is 13.5 Å². The summed E-state index contributed by atoms with van der Waals surface area (Å²) in [6.07, 6.45) is 3.48. The highest BCUT2D eigenvalue weighted by Crippen LogP contribution is 2.31. The topological polar surface area (TPSA) is 24.5 Å². The zero-order valence-electron chi connectivity index (χ0n) is 10.9. The average molecular weight is 298 g/mol. The van der Waals surface area contributed by atoms with Gasteiger partial charge in [-0.3, -0.25) is 0 Å². The summed E-state index contributed by atoms with van der Waals surface area (Å²) in [5, 5.41) is 3.70. The maximum absolute atomic E-state index is 12.2. The molecule has 0 aliphatic carbocycles. The molecule has 0 fully saturated rings. The lowest BCUT2D eigenvalue weighted by atomic mass is 10.0. The Labute approximate surface area is 122 Å². The third-order valence-corrected chi connectivity index (χ3v) is 3.40. The second-order valence-corrected chi connectivity index (χ2v) is 4.79. The number of anilines is 1. The van der Waals surface area contributed by atoms with Crippen LogP contribution >= 0.6 is 12.2 Å². The molecule has 0 bridgehead atoms. The lowest BCUT2D eigenvalue weighted by molar-refractivity contribution is -0.0498. The van der Waals surface area contributed by atoms with Crippen LogP contribution in [0, 0.1) is 0 Å². The van der Waals surface area contributed by atoms with Crippen molar-refractivity contribution in [3.05, 3.63) is 36.4 Å². The van der Waals surface area contributed by atoms with E-state index >= 15 is 0 Å². The van der Waals surface area contributed by atoms with Crippen molar-refractivity contribution in [2.45, 2.75) is 19.5 Å². The van der Waals surface area contributed by atoms with E-state index in [2.05, 4.69) is 16.6 Å². The molecular formula is C14H16F2N2OS. The van der Waals surface area contributed by atoms with Crippen LogP contribution in [-0.2, 0) is 6.42 Å². The van der Waals surface area contributed by atoms with E-state index in [-0.39, 0.29) is 5.75 Å². The van der Waals surface area contributed by atoms with Crippen molar-refractivity contribution >= 4 is 23.0 Å². The van der Waals surface area contributed by atoms with E-state index in [0.717, 1.165) is 30.6 Å². The van der Waals surface area contributed by atoms with Crippen LogP contribution in [0.25, 0.3) is 0 Å². The van der Waals surface area contributed by atoms with Gasteiger partial charge in [0.2, 0.25) is 0 Å². The molecule has 1 heterocycles. The van der Waals surface area contributed by atoms with E-state index in [9.17, 15) is 8.78 Å². The number of nitrogens with zero attached hydrogens (tertiary/aromatic N) is 1. The van der Waals surface area contributed by atoms with Crippen molar-refractivity contribution in [3.63, 3.8) is 0 Å². The molecule has 1 aliphatic heterocycles. The first-order valence-electron chi connectivity index (χ1n) is 6.36. The van der Waals surface area contributed by atoms with Crippen LogP contribution in [0.2, 0.25) is 0 Å².